The summed E-state index contributed by atoms with van der Waals surface area (Å²) in [5.74, 6) is -0.476. The van der Waals surface area contributed by atoms with Crippen molar-refractivity contribution in [2.45, 2.75) is 4.90 Å². The molecule has 0 amide bonds. The number of fused-ring (bicyclic) bond motifs is 2. The molecule has 3 rings (SSSR count). The van der Waals surface area contributed by atoms with Gasteiger partial charge in [0.05, 0.1) is 4.90 Å². The molecule has 0 saturated heterocycles. The summed E-state index contributed by atoms with van der Waals surface area (Å²) in [6.07, 6.45) is 0. The first kappa shape index (κ1) is 16.1. The minimum atomic E-state index is -4.39. The SMILES string of the molecule is O=S(=O)(O)c1ccc2c([O-])c3ccccc3c(O)c2c1.[Na+]. The number of benzene rings is 3. The molecule has 102 valence electrons. The van der Waals surface area contributed by atoms with E-state index in [1.54, 1.807) is 24.3 Å². The van der Waals surface area contributed by atoms with Gasteiger partial charge in [-0.1, -0.05) is 36.1 Å². The molecule has 5 nitrogen and oxygen atoms in total. The van der Waals surface area contributed by atoms with Crippen LogP contribution in [-0.2, 0) is 10.1 Å². The minimum absolute atomic E-state index is 0. The van der Waals surface area contributed by atoms with E-state index in [-0.39, 0.29) is 56.7 Å². The smallest absolute Gasteiger partial charge is 0.872 e. The van der Waals surface area contributed by atoms with Gasteiger partial charge in [0.1, 0.15) is 5.75 Å². The molecule has 0 spiro atoms. The molecule has 0 fully saturated rings. The molecule has 0 aliphatic carbocycles. The topological polar surface area (TPSA) is 97.7 Å². The third-order valence-electron chi connectivity index (χ3n) is 3.22. The molecule has 0 aromatic heterocycles. The maximum Gasteiger partial charge on any atom is 1.00 e. The first-order chi connectivity index (χ1) is 9.39. The van der Waals surface area contributed by atoms with E-state index in [0.29, 0.717) is 10.8 Å². The molecule has 0 atom stereocenters. The third-order valence-corrected chi connectivity index (χ3v) is 4.07. The van der Waals surface area contributed by atoms with E-state index in [2.05, 4.69) is 0 Å². The van der Waals surface area contributed by atoms with E-state index in [1.807, 2.05) is 0 Å². The van der Waals surface area contributed by atoms with Crippen LogP contribution in [0.3, 0.4) is 0 Å². The molecule has 0 unspecified atom stereocenters. The molecular weight excluding hydrogens is 303 g/mol. The molecule has 21 heavy (non-hydrogen) atoms. The number of hydrogen-bond acceptors (Lipinski definition) is 4. The summed E-state index contributed by atoms with van der Waals surface area (Å²) >= 11 is 0. The maximum absolute atomic E-state index is 12.3. The van der Waals surface area contributed by atoms with Crippen LogP contribution in [-0.4, -0.2) is 18.1 Å². The second-order valence-corrected chi connectivity index (χ2v) is 5.83. The maximum atomic E-state index is 12.3. The van der Waals surface area contributed by atoms with Gasteiger partial charge in [0.15, 0.2) is 0 Å². The Kier molecular flexibility index (Phi) is 4.19. The zero-order valence-corrected chi connectivity index (χ0v) is 13.9. The summed E-state index contributed by atoms with van der Waals surface area (Å²) in [4.78, 5) is -0.366. The van der Waals surface area contributed by atoms with Gasteiger partial charge in [-0.3, -0.25) is 4.55 Å². The second-order valence-electron chi connectivity index (χ2n) is 4.41. The van der Waals surface area contributed by atoms with Gasteiger partial charge in [0.25, 0.3) is 10.1 Å². The van der Waals surface area contributed by atoms with Gasteiger partial charge in [-0.15, -0.1) is 0 Å². The van der Waals surface area contributed by atoms with Crippen molar-refractivity contribution < 1.29 is 52.7 Å². The Morgan fingerprint density at radius 3 is 2.10 bits per heavy atom. The average Bonchev–Trinajstić information content (AvgIpc) is 2.43. The fourth-order valence-corrected chi connectivity index (χ4v) is 2.76. The molecule has 0 aliphatic heterocycles. The van der Waals surface area contributed by atoms with Crippen molar-refractivity contribution in [1.29, 1.82) is 0 Å². The van der Waals surface area contributed by atoms with Gasteiger partial charge in [-0.05, 0) is 22.9 Å². The zero-order chi connectivity index (χ0) is 14.5. The Labute approximate surface area is 142 Å². The van der Waals surface area contributed by atoms with Crippen LogP contribution in [0, 0.1) is 0 Å². The van der Waals surface area contributed by atoms with E-state index in [0.717, 1.165) is 12.1 Å². The first-order valence-electron chi connectivity index (χ1n) is 5.71. The van der Waals surface area contributed by atoms with Gasteiger partial charge >= 0.3 is 29.6 Å². The van der Waals surface area contributed by atoms with Crippen molar-refractivity contribution in [2.75, 3.05) is 0 Å². The quantitative estimate of drug-likeness (QED) is 0.342. The molecule has 0 aliphatic rings. The van der Waals surface area contributed by atoms with Crippen LogP contribution in [0.25, 0.3) is 21.5 Å². The van der Waals surface area contributed by atoms with Crippen LogP contribution < -0.4 is 34.7 Å². The summed E-state index contributed by atoms with van der Waals surface area (Å²) in [6, 6.07) is 10.0. The number of aromatic hydroxyl groups is 1. The van der Waals surface area contributed by atoms with Crippen molar-refractivity contribution in [2.24, 2.45) is 0 Å². The monoisotopic (exact) mass is 312 g/mol. The first-order valence-corrected chi connectivity index (χ1v) is 7.15. The fraction of sp³-hybridized carbons (Fsp3) is 0. The zero-order valence-electron chi connectivity index (χ0n) is 11.1. The average molecular weight is 312 g/mol. The predicted molar refractivity (Wildman–Crippen MR) is 72.4 cm³/mol. The van der Waals surface area contributed by atoms with Crippen molar-refractivity contribution in [3.63, 3.8) is 0 Å². The summed E-state index contributed by atoms with van der Waals surface area (Å²) in [6.45, 7) is 0. The van der Waals surface area contributed by atoms with Crippen LogP contribution in [0.5, 0.6) is 11.5 Å². The Bertz CT molecular complexity index is 950. The molecule has 0 bridgehead atoms. The molecular formula is C14H9NaO5S. The van der Waals surface area contributed by atoms with Crippen molar-refractivity contribution >= 4 is 31.7 Å². The fourth-order valence-electron chi connectivity index (χ4n) is 2.26. The number of rotatable bonds is 1. The van der Waals surface area contributed by atoms with E-state index >= 15 is 0 Å². The van der Waals surface area contributed by atoms with Crippen molar-refractivity contribution in [1.82, 2.24) is 0 Å². The molecule has 0 heterocycles. The third kappa shape index (κ3) is 2.61. The van der Waals surface area contributed by atoms with Crippen LogP contribution in [0.2, 0.25) is 0 Å². The van der Waals surface area contributed by atoms with E-state index in [4.69, 9.17) is 4.55 Å². The van der Waals surface area contributed by atoms with E-state index in [1.165, 1.54) is 6.07 Å². The van der Waals surface area contributed by atoms with E-state index < -0.39 is 10.1 Å². The molecule has 3 aromatic rings. The van der Waals surface area contributed by atoms with Gasteiger partial charge in [-0.2, -0.15) is 8.42 Å². The standard InChI is InChI=1S/C14H10O5S.Na/c15-13-9-3-1-2-4-10(9)14(16)12-7-8(20(17,18)19)5-6-11(12)13;/h1-7,15-16H,(H,17,18,19);/q;+1/p-1. The predicted octanol–water partition coefficient (Wildman–Crippen LogP) is -0.977. The molecule has 0 saturated carbocycles. The van der Waals surface area contributed by atoms with Gasteiger partial charge in [0, 0.05) is 10.8 Å². The van der Waals surface area contributed by atoms with Gasteiger partial charge in [0.2, 0.25) is 0 Å². The minimum Gasteiger partial charge on any atom is -0.872 e. The molecule has 2 N–H and O–H groups in total. The molecule has 7 heteroatoms. The molecule has 3 aromatic carbocycles. The number of hydrogen-bond donors (Lipinski definition) is 2. The second kappa shape index (κ2) is 5.47. The van der Waals surface area contributed by atoms with Crippen LogP contribution in [0.4, 0.5) is 0 Å². The summed E-state index contributed by atoms with van der Waals surface area (Å²) < 4.78 is 31.3. The van der Waals surface area contributed by atoms with Crippen LogP contribution in [0.1, 0.15) is 0 Å². The van der Waals surface area contributed by atoms with Crippen LogP contribution in [0.15, 0.2) is 47.4 Å². The van der Waals surface area contributed by atoms with Gasteiger partial charge < -0.3 is 10.2 Å². The largest absolute Gasteiger partial charge is 1.00 e. The molecule has 0 radical (unpaired) electrons. The van der Waals surface area contributed by atoms with Crippen molar-refractivity contribution in [3.8, 4) is 11.5 Å². The number of phenolic OH excluding ortho intramolecular Hbond substituents is 1. The van der Waals surface area contributed by atoms with Gasteiger partial charge in [-0.25, -0.2) is 0 Å². The van der Waals surface area contributed by atoms with E-state index in [9.17, 15) is 18.6 Å². The number of phenols is 1. The Hall–Kier alpha value is -1.31. The normalized spacial score (nSPS) is 11.5. The summed E-state index contributed by atoms with van der Waals surface area (Å²) in [5, 5.41) is 23.5. The van der Waals surface area contributed by atoms with Crippen molar-refractivity contribution in [3.05, 3.63) is 42.5 Å². The Morgan fingerprint density at radius 2 is 1.48 bits per heavy atom. The van der Waals surface area contributed by atoms with Crippen LogP contribution >= 0.6 is 0 Å². The summed E-state index contributed by atoms with van der Waals surface area (Å²) in [5.41, 5.74) is 0. The summed E-state index contributed by atoms with van der Waals surface area (Å²) in [7, 11) is -4.39. The Balaban J connectivity index is 0.00000161. The Morgan fingerprint density at radius 1 is 0.905 bits per heavy atom.